The average Bonchev–Trinajstić information content (AvgIpc) is 3.26. The van der Waals surface area contributed by atoms with Crippen LogP contribution in [0.5, 0.6) is 0 Å². The SMILES string of the molecule is CC/C=C\C/C=C\C/C=C\C/C=C\C/C=C\CCCCCCCCOCC(COP(=O)(O)OCC(O)CO)OC(=O)CCCCCCCC/C=C\C/C=C\C/C=C\CCCCC. The number of unbranched alkanes of at least 4 members (excludes halogenated alkanes) is 15. The Morgan fingerprint density at radius 1 is 0.516 bits per heavy atom. The highest BCUT2D eigenvalue weighted by molar-refractivity contribution is 7.47. The first-order chi connectivity index (χ1) is 30.3. The van der Waals surface area contributed by atoms with Gasteiger partial charge in [-0.25, -0.2) is 4.57 Å². The first-order valence-electron chi connectivity index (χ1n) is 24.2. The van der Waals surface area contributed by atoms with Crippen LogP contribution in [0, 0.1) is 0 Å². The molecule has 0 aromatic carbocycles. The molecule has 0 fully saturated rings. The van der Waals surface area contributed by atoms with Gasteiger partial charge in [-0.15, -0.1) is 0 Å². The summed E-state index contributed by atoms with van der Waals surface area (Å²) in [4.78, 5) is 22.7. The van der Waals surface area contributed by atoms with Crippen LogP contribution >= 0.6 is 7.82 Å². The van der Waals surface area contributed by atoms with E-state index in [-0.39, 0.29) is 13.0 Å². The number of carbonyl (C=O) groups is 1. The van der Waals surface area contributed by atoms with Gasteiger partial charge in [-0.2, -0.15) is 0 Å². The van der Waals surface area contributed by atoms with Crippen molar-refractivity contribution in [2.45, 2.75) is 193 Å². The van der Waals surface area contributed by atoms with Gasteiger partial charge in [0.25, 0.3) is 0 Å². The largest absolute Gasteiger partial charge is 0.472 e. The molecule has 3 atom stereocenters. The predicted molar refractivity (Wildman–Crippen MR) is 260 cm³/mol. The molecule has 0 aromatic rings. The van der Waals surface area contributed by atoms with Crippen LogP contribution < -0.4 is 0 Å². The van der Waals surface area contributed by atoms with Gasteiger partial charge in [0.15, 0.2) is 0 Å². The minimum absolute atomic E-state index is 0.0273. The zero-order valence-electron chi connectivity index (χ0n) is 39.1. The van der Waals surface area contributed by atoms with Crippen molar-refractivity contribution in [3.05, 3.63) is 97.2 Å². The molecule has 0 aliphatic carbocycles. The molecule has 10 heteroatoms. The highest BCUT2D eigenvalue weighted by Gasteiger charge is 2.26. The van der Waals surface area contributed by atoms with Crippen molar-refractivity contribution in [1.29, 1.82) is 0 Å². The predicted octanol–water partition coefficient (Wildman–Crippen LogP) is 14.0. The topological polar surface area (TPSA) is 132 Å². The van der Waals surface area contributed by atoms with Gasteiger partial charge in [-0.3, -0.25) is 13.8 Å². The molecular formula is C52H89O9P. The van der Waals surface area contributed by atoms with Crippen molar-refractivity contribution in [3.63, 3.8) is 0 Å². The first-order valence-corrected chi connectivity index (χ1v) is 25.7. The fourth-order valence-corrected chi connectivity index (χ4v) is 6.88. The lowest BCUT2D eigenvalue weighted by molar-refractivity contribution is -0.154. The second-order valence-electron chi connectivity index (χ2n) is 15.7. The molecule has 9 nitrogen and oxygen atoms in total. The molecule has 0 bridgehead atoms. The van der Waals surface area contributed by atoms with Gasteiger partial charge in [-0.05, 0) is 96.3 Å². The first kappa shape index (κ1) is 59.4. The molecule has 0 saturated heterocycles. The number of hydrogen-bond acceptors (Lipinski definition) is 8. The number of phosphoric ester groups is 1. The number of carbonyl (C=O) groups excluding carboxylic acids is 1. The number of ether oxygens (including phenoxy) is 2. The third kappa shape index (κ3) is 46.9. The summed E-state index contributed by atoms with van der Waals surface area (Å²) < 4.78 is 33.5. The van der Waals surface area contributed by atoms with Crippen molar-refractivity contribution in [1.82, 2.24) is 0 Å². The number of esters is 1. The summed E-state index contributed by atoms with van der Waals surface area (Å²) >= 11 is 0. The number of aliphatic hydroxyl groups is 2. The maximum absolute atomic E-state index is 12.7. The summed E-state index contributed by atoms with van der Waals surface area (Å²) in [7, 11) is -4.54. The Morgan fingerprint density at radius 3 is 1.39 bits per heavy atom. The van der Waals surface area contributed by atoms with Gasteiger partial charge in [0.05, 0.1) is 26.4 Å². The zero-order valence-corrected chi connectivity index (χ0v) is 39.9. The lowest BCUT2D eigenvalue weighted by atomic mass is 10.1. The summed E-state index contributed by atoms with van der Waals surface area (Å²) in [6, 6.07) is 0. The van der Waals surface area contributed by atoms with Crippen LogP contribution in [-0.2, 0) is 27.9 Å². The van der Waals surface area contributed by atoms with Gasteiger partial charge in [0.2, 0.25) is 0 Å². The molecule has 0 radical (unpaired) electrons. The van der Waals surface area contributed by atoms with Crippen molar-refractivity contribution < 1.29 is 43.0 Å². The molecule has 0 rings (SSSR count). The van der Waals surface area contributed by atoms with Crippen LogP contribution in [0.3, 0.4) is 0 Å². The van der Waals surface area contributed by atoms with E-state index in [0.29, 0.717) is 13.0 Å². The van der Waals surface area contributed by atoms with Crippen molar-refractivity contribution in [2.24, 2.45) is 0 Å². The fraction of sp³-hybridized carbons (Fsp3) is 0.673. The second-order valence-corrected chi connectivity index (χ2v) is 17.2. The van der Waals surface area contributed by atoms with Crippen LogP contribution in [0.25, 0.3) is 0 Å². The van der Waals surface area contributed by atoms with Gasteiger partial charge in [0.1, 0.15) is 12.2 Å². The molecule has 3 unspecified atom stereocenters. The van der Waals surface area contributed by atoms with E-state index in [2.05, 4.69) is 111 Å². The molecule has 0 aliphatic rings. The molecule has 356 valence electrons. The average molecular weight is 889 g/mol. The van der Waals surface area contributed by atoms with E-state index < -0.39 is 45.8 Å². The summed E-state index contributed by atoms with van der Waals surface area (Å²) in [5.74, 6) is -0.404. The highest BCUT2D eigenvalue weighted by atomic mass is 31.2. The standard InChI is InChI=1S/C52H89O9P/c1-3-5-7-9-11-13-15-17-19-21-23-24-25-27-29-31-33-35-37-39-41-43-45-58-48-51(49-60-62(56,57)59-47-50(54)46-53)61-52(55)44-42-40-38-36-34-32-30-28-26-22-20-18-16-14-12-10-8-6-4-2/h5,7,11-14,17-20,23-24,26-29,50-51,53-54H,3-4,6,8-10,15-16,21-22,25,30-49H2,1-2H3,(H,56,57)/b7-5-,13-11-,14-12-,19-17-,20-18-,24-23-,28-26-,29-27-. The summed E-state index contributed by atoms with van der Waals surface area (Å²) in [6.45, 7) is 3.31. The summed E-state index contributed by atoms with van der Waals surface area (Å²) in [6.07, 6.45) is 60.7. The summed E-state index contributed by atoms with van der Waals surface area (Å²) in [5, 5.41) is 18.4. The van der Waals surface area contributed by atoms with Gasteiger partial charge in [-0.1, -0.05) is 175 Å². The number of allylic oxidation sites excluding steroid dienone is 16. The van der Waals surface area contributed by atoms with Crippen LogP contribution in [0.1, 0.15) is 181 Å². The normalized spacial score (nSPS) is 14.7. The summed E-state index contributed by atoms with van der Waals surface area (Å²) in [5.41, 5.74) is 0. The fourth-order valence-electron chi connectivity index (χ4n) is 6.09. The molecule has 0 aromatic heterocycles. The van der Waals surface area contributed by atoms with Gasteiger partial charge >= 0.3 is 13.8 Å². The van der Waals surface area contributed by atoms with E-state index in [1.807, 2.05) is 0 Å². The van der Waals surface area contributed by atoms with E-state index in [1.165, 1.54) is 44.9 Å². The number of aliphatic hydroxyl groups excluding tert-OH is 2. The van der Waals surface area contributed by atoms with Crippen LogP contribution in [0.2, 0.25) is 0 Å². The van der Waals surface area contributed by atoms with E-state index in [0.717, 1.165) is 109 Å². The molecule has 3 N–H and O–H groups in total. The van der Waals surface area contributed by atoms with E-state index in [1.54, 1.807) is 0 Å². The van der Waals surface area contributed by atoms with Crippen molar-refractivity contribution in [2.75, 3.05) is 33.0 Å². The second kappa shape index (κ2) is 47.8. The third-order valence-electron chi connectivity index (χ3n) is 9.75. The molecule has 0 amide bonds. The molecule has 0 heterocycles. The molecule has 0 spiro atoms. The molecule has 0 aliphatic heterocycles. The van der Waals surface area contributed by atoms with Crippen LogP contribution in [0.4, 0.5) is 0 Å². The Bertz CT molecular complexity index is 1280. The van der Waals surface area contributed by atoms with E-state index >= 15 is 0 Å². The maximum Gasteiger partial charge on any atom is 0.472 e. The van der Waals surface area contributed by atoms with E-state index in [4.69, 9.17) is 23.6 Å². The minimum Gasteiger partial charge on any atom is -0.457 e. The Hall–Kier alpha value is -2.62. The third-order valence-corrected chi connectivity index (χ3v) is 10.7. The quantitative estimate of drug-likeness (QED) is 0.0237. The maximum atomic E-state index is 12.7. The highest BCUT2D eigenvalue weighted by Crippen LogP contribution is 2.43. The monoisotopic (exact) mass is 889 g/mol. The molecular weight excluding hydrogens is 800 g/mol. The van der Waals surface area contributed by atoms with E-state index in [9.17, 15) is 19.4 Å². The molecule has 62 heavy (non-hydrogen) atoms. The number of hydrogen-bond donors (Lipinski definition) is 3. The van der Waals surface area contributed by atoms with Crippen LogP contribution in [-0.4, -0.2) is 66.3 Å². The van der Waals surface area contributed by atoms with Crippen LogP contribution in [0.15, 0.2) is 97.2 Å². The Kier molecular flexibility index (Phi) is 45.8. The lowest BCUT2D eigenvalue weighted by Crippen LogP contribution is -2.29. The minimum atomic E-state index is -4.54. The Balaban J connectivity index is 4.20. The number of phosphoric acid groups is 1. The zero-order chi connectivity index (χ0) is 45.3. The van der Waals surface area contributed by atoms with Gasteiger partial charge < -0.3 is 24.6 Å². The van der Waals surface area contributed by atoms with Crippen molar-refractivity contribution >= 4 is 13.8 Å². The Labute approximate surface area is 378 Å². The Morgan fingerprint density at radius 2 is 0.919 bits per heavy atom. The lowest BCUT2D eigenvalue weighted by Gasteiger charge is -2.20. The number of rotatable bonds is 45. The van der Waals surface area contributed by atoms with Gasteiger partial charge in [0, 0.05) is 13.0 Å². The van der Waals surface area contributed by atoms with Crippen molar-refractivity contribution in [3.8, 4) is 0 Å². The molecule has 0 saturated carbocycles. The smallest absolute Gasteiger partial charge is 0.457 e.